The highest BCUT2D eigenvalue weighted by Gasteiger charge is 2.22. The van der Waals surface area contributed by atoms with Gasteiger partial charge in [0.15, 0.2) is 11.4 Å². The molecule has 2 N–H and O–H groups in total. The van der Waals surface area contributed by atoms with Gasteiger partial charge in [0.1, 0.15) is 5.76 Å². The molecule has 0 amide bonds. The highest BCUT2D eigenvalue weighted by molar-refractivity contribution is 5.78. The Bertz CT molecular complexity index is 788. The number of nitrogens with two attached hydrogens (primary N) is 1. The molecule has 1 aromatic carbocycles. The fourth-order valence-electron chi connectivity index (χ4n) is 2.58. The second kappa shape index (κ2) is 4.45. The van der Waals surface area contributed by atoms with Crippen LogP contribution in [0.5, 0.6) is 0 Å². The molecule has 20 heavy (non-hydrogen) atoms. The first-order chi connectivity index (χ1) is 9.49. The summed E-state index contributed by atoms with van der Waals surface area (Å²) in [5, 5.41) is 5.07. The first kappa shape index (κ1) is 12.9. The number of hydrogen-bond acceptors (Lipinski definition) is 3. The molecule has 0 bridgehead atoms. The number of furan rings is 1. The van der Waals surface area contributed by atoms with Crippen molar-refractivity contribution >= 4 is 11.0 Å². The van der Waals surface area contributed by atoms with Crippen LogP contribution in [-0.2, 0) is 7.05 Å². The van der Waals surface area contributed by atoms with E-state index >= 15 is 0 Å². The summed E-state index contributed by atoms with van der Waals surface area (Å²) in [6.45, 7) is 3.86. The Morgan fingerprint density at radius 1 is 1.35 bits per heavy atom. The predicted octanol–water partition coefficient (Wildman–Crippen LogP) is 2.97. The summed E-state index contributed by atoms with van der Waals surface area (Å²) in [4.78, 5) is 0. The molecule has 0 aliphatic heterocycles. The molecule has 0 radical (unpaired) electrons. The molecule has 1 unspecified atom stereocenters. The second-order valence-electron chi connectivity index (χ2n) is 4.99. The van der Waals surface area contributed by atoms with Crippen LogP contribution in [-0.4, -0.2) is 9.78 Å². The quantitative estimate of drug-likeness (QED) is 0.781. The zero-order chi connectivity index (χ0) is 14.4. The Balaban J connectivity index is 2.13. The predicted molar refractivity (Wildman–Crippen MR) is 74.9 cm³/mol. The fourth-order valence-corrected chi connectivity index (χ4v) is 2.58. The smallest absolute Gasteiger partial charge is 0.169 e. The van der Waals surface area contributed by atoms with E-state index in [0.29, 0.717) is 5.76 Å². The number of halogens is 1. The van der Waals surface area contributed by atoms with Crippen LogP contribution in [0, 0.1) is 19.7 Å². The monoisotopic (exact) mass is 273 g/mol. The molecule has 2 heterocycles. The molecule has 0 spiro atoms. The van der Waals surface area contributed by atoms with Crippen LogP contribution in [0.3, 0.4) is 0 Å². The Morgan fingerprint density at radius 2 is 2.10 bits per heavy atom. The van der Waals surface area contributed by atoms with E-state index in [1.807, 2.05) is 20.9 Å². The van der Waals surface area contributed by atoms with Crippen LogP contribution < -0.4 is 5.73 Å². The summed E-state index contributed by atoms with van der Waals surface area (Å²) < 4.78 is 21.1. The molecule has 3 rings (SSSR count). The van der Waals surface area contributed by atoms with Crippen molar-refractivity contribution in [2.45, 2.75) is 19.9 Å². The number of hydrogen-bond donors (Lipinski definition) is 1. The Kier molecular flexibility index (Phi) is 2.87. The van der Waals surface area contributed by atoms with Gasteiger partial charge >= 0.3 is 0 Å². The Morgan fingerprint density at radius 3 is 2.70 bits per heavy atom. The van der Waals surface area contributed by atoms with E-state index in [9.17, 15) is 4.39 Å². The van der Waals surface area contributed by atoms with E-state index in [1.54, 1.807) is 22.9 Å². The van der Waals surface area contributed by atoms with E-state index in [1.165, 1.54) is 6.07 Å². The Hall–Kier alpha value is -2.14. The molecular formula is C15H16FN3O. The van der Waals surface area contributed by atoms with E-state index in [4.69, 9.17) is 10.2 Å². The standard InChI is InChI=1S/C15H16FN3O/c1-8-13(9(2)19(3)18-8)14(17)12-7-10-5-4-6-11(16)15(10)20-12/h4-7,14H,17H2,1-3H3. The molecule has 0 saturated heterocycles. The second-order valence-corrected chi connectivity index (χ2v) is 4.99. The van der Waals surface area contributed by atoms with Gasteiger partial charge in [-0.25, -0.2) is 4.39 Å². The van der Waals surface area contributed by atoms with Gasteiger partial charge in [0, 0.05) is 23.7 Å². The number of para-hydroxylation sites is 1. The van der Waals surface area contributed by atoms with Crippen LogP contribution in [0.2, 0.25) is 0 Å². The van der Waals surface area contributed by atoms with Crippen molar-refractivity contribution in [3.8, 4) is 0 Å². The van der Waals surface area contributed by atoms with E-state index in [-0.39, 0.29) is 11.4 Å². The van der Waals surface area contributed by atoms with Crippen molar-refractivity contribution in [3.05, 3.63) is 52.8 Å². The highest BCUT2D eigenvalue weighted by Crippen LogP contribution is 2.30. The molecule has 0 aliphatic carbocycles. The highest BCUT2D eigenvalue weighted by atomic mass is 19.1. The number of fused-ring (bicyclic) bond motifs is 1. The van der Waals surface area contributed by atoms with Gasteiger partial charge in [-0.2, -0.15) is 5.10 Å². The molecule has 0 aliphatic rings. The minimum Gasteiger partial charge on any atom is -0.456 e. The first-order valence-electron chi connectivity index (χ1n) is 6.42. The van der Waals surface area contributed by atoms with Gasteiger partial charge in [0.25, 0.3) is 0 Å². The summed E-state index contributed by atoms with van der Waals surface area (Å²) >= 11 is 0. The number of aryl methyl sites for hydroxylation is 2. The van der Waals surface area contributed by atoms with Crippen molar-refractivity contribution in [2.24, 2.45) is 12.8 Å². The maximum absolute atomic E-state index is 13.7. The van der Waals surface area contributed by atoms with Gasteiger partial charge in [-0.3, -0.25) is 4.68 Å². The lowest BCUT2D eigenvalue weighted by atomic mass is 10.0. The molecule has 1 atom stereocenters. The average Bonchev–Trinajstić information content (AvgIpc) is 2.93. The molecule has 104 valence electrons. The molecule has 0 fully saturated rings. The summed E-state index contributed by atoms with van der Waals surface area (Å²) in [7, 11) is 1.87. The molecule has 4 nitrogen and oxygen atoms in total. The van der Waals surface area contributed by atoms with E-state index in [2.05, 4.69) is 5.10 Å². The molecular weight excluding hydrogens is 257 g/mol. The zero-order valence-electron chi connectivity index (χ0n) is 11.6. The first-order valence-corrected chi connectivity index (χ1v) is 6.42. The van der Waals surface area contributed by atoms with Crippen LogP contribution in [0.4, 0.5) is 4.39 Å². The minimum atomic E-state index is -0.449. The third kappa shape index (κ3) is 1.82. The lowest BCUT2D eigenvalue weighted by molar-refractivity contribution is 0.501. The van der Waals surface area contributed by atoms with Crippen molar-refractivity contribution in [3.63, 3.8) is 0 Å². The fraction of sp³-hybridized carbons (Fsp3) is 0.267. The maximum Gasteiger partial charge on any atom is 0.169 e. The summed E-state index contributed by atoms with van der Waals surface area (Å²) in [6.07, 6.45) is 0. The maximum atomic E-state index is 13.7. The van der Waals surface area contributed by atoms with Crippen LogP contribution >= 0.6 is 0 Å². The van der Waals surface area contributed by atoms with Gasteiger partial charge in [0.05, 0.1) is 11.7 Å². The van der Waals surface area contributed by atoms with E-state index < -0.39 is 6.04 Å². The van der Waals surface area contributed by atoms with Crippen molar-refractivity contribution in [2.75, 3.05) is 0 Å². The largest absolute Gasteiger partial charge is 0.456 e. The summed E-state index contributed by atoms with van der Waals surface area (Å²) in [5.41, 5.74) is 9.29. The van der Waals surface area contributed by atoms with Crippen LogP contribution in [0.25, 0.3) is 11.0 Å². The average molecular weight is 273 g/mol. The summed E-state index contributed by atoms with van der Waals surface area (Å²) in [5.74, 6) is 0.171. The lowest BCUT2D eigenvalue weighted by Gasteiger charge is -2.09. The summed E-state index contributed by atoms with van der Waals surface area (Å²) in [6, 6.07) is 6.18. The normalized spacial score (nSPS) is 13.1. The van der Waals surface area contributed by atoms with Crippen molar-refractivity contribution in [1.29, 1.82) is 0 Å². The van der Waals surface area contributed by atoms with Gasteiger partial charge < -0.3 is 10.2 Å². The van der Waals surface area contributed by atoms with Crippen LogP contribution in [0.15, 0.2) is 28.7 Å². The van der Waals surface area contributed by atoms with Crippen molar-refractivity contribution in [1.82, 2.24) is 9.78 Å². The number of benzene rings is 1. The number of nitrogens with zero attached hydrogens (tertiary/aromatic N) is 2. The molecule has 0 saturated carbocycles. The van der Waals surface area contributed by atoms with Gasteiger partial charge in [-0.05, 0) is 26.0 Å². The van der Waals surface area contributed by atoms with Gasteiger partial charge in [-0.1, -0.05) is 12.1 Å². The van der Waals surface area contributed by atoms with Crippen LogP contribution in [0.1, 0.15) is 28.8 Å². The third-order valence-electron chi connectivity index (χ3n) is 3.70. The van der Waals surface area contributed by atoms with Crippen molar-refractivity contribution < 1.29 is 8.81 Å². The Labute approximate surface area is 116 Å². The molecule has 3 aromatic rings. The SMILES string of the molecule is Cc1nn(C)c(C)c1C(N)c1cc2cccc(F)c2o1. The molecule has 5 heteroatoms. The number of rotatable bonds is 2. The number of aromatic nitrogens is 2. The molecule has 2 aromatic heterocycles. The minimum absolute atomic E-state index is 0.247. The van der Waals surface area contributed by atoms with E-state index in [0.717, 1.165) is 22.3 Å². The topological polar surface area (TPSA) is 57.0 Å². The van der Waals surface area contributed by atoms with Gasteiger partial charge in [0.2, 0.25) is 0 Å². The third-order valence-corrected chi connectivity index (χ3v) is 3.70. The zero-order valence-corrected chi connectivity index (χ0v) is 11.6. The van der Waals surface area contributed by atoms with Gasteiger partial charge in [-0.15, -0.1) is 0 Å². The lowest BCUT2D eigenvalue weighted by Crippen LogP contribution is -2.13.